The van der Waals surface area contributed by atoms with Gasteiger partial charge in [-0.05, 0) is 67.3 Å². The molecule has 0 spiro atoms. The summed E-state index contributed by atoms with van der Waals surface area (Å²) in [5.41, 5.74) is 2.06. The first kappa shape index (κ1) is 33.2. The monoisotopic (exact) mass is 661 g/mol. The average molecular weight is 662 g/mol. The molecule has 0 aliphatic heterocycles. The highest BCUT2D eigenvalue weighted by atomic mass is 35.5. The molecule has 10 heteroatoms. The first-order valence-corrected chi connectivity index (χ1v) is 17.2. The van der Waals surface area contributed by atoms with E-state index < -0.39 is 34.3 Å². The molecule has 0 radical (unpaired) electrons. The van der Waals surface area contributed by atoms with Gasteiger partial charge >= 0.3 is 0 Å². The topological polar surface area (TPSA) is 86.8 Å². The summed E-state index contributed by atoms with van der Waals surface area (Å²) in [6.45, 7) is 1.07. The largest absolute Gasteiger partial charge is 0.352 e. The van der Waals surface area contributed by atoms with E-state index in [1.165, 1.54) is 35.2 Å². The summed E-state index contributed by atoms with van der Waals surface area (Å²) < 4.78 is 44.2. The molecular formula is C36H37ClFN3O4S. The van der Waals surface area contributed by atoms with Crippen LogP contribution in [0.5, 0.6) is 0 Å². The molecule has 1 saturated carbocycles. The van der Waals surface area contributed by atoms with Crippen molar-refractivity contribution < 1.29 is 22.4 Å². The molecule has 240 valence electrons. The van der Waals surface area contributed by atoms with E-state index in [0.717, 1.165) is 47.2 Å². The van der Waals surface area contributed by atoms with Gasteiger partial charge in [-0.2, -0.15) is 0 Å². The predicted molar refractivity (Wildman–Crippen MR) is 178 cm³/mol. The number of halogens is 2. The lowest BCUT2D eigenvalue weighted by atomic mass is 10.0. The quantitative estimate of drug-likeness (QED) is 0.184. The van der Waals surface area contributed by atoms with Gasteiger partial charge in [0.25, 0.3) is 10.0 Å². The molecule has 0 bridgehead atoms. The van der Waals surface area contributed by atoms with Crippen molar-refractivity contribution in [3.8, 4) is 0 Å². The van der Waals surface area contributed by atoms with E-state index >= 15 is 4.39 Å². The number of aryl methyl sites for hydroxylation is 1. The second-order valence-electron chi connectivity index (χ2n) is 11.6. The molecule has 0 unspecified atom stereocenters. The van der Waals surface area contributed by atoms with Crippen LogP contribution in [0.2, 0.25) is 5.02 Å². The number of anilines is 1. The van der Waals surface area contributed by atoms with Gasteiger partial charge in [-0.15, -0.1) is 0 Å². The summed E-state index contributed by atoms with van der Waals surface area (Å²) in [5.74, 6) is -1.79. The Kier molecular flexibility index (Phi) is 10.8. The Bertz CT molecular complexity index is 1760. The molecule has 0 aromatic heterocycles. The van der Waals surface area contributed by atoms with Gasteiger partial charge in [-0.1, -0.05) is 96.7 Å². The second kappa shape index (κ2) is 14.9. The first-order chi connectivity index (χ1) is 22.1. The summed E-state index contributed by atoms with van der Waals surface area (Å²) in [7, 11) is -4.40. The third-order valence-corrected chi connectivity index (χ3v) is 10.2. The molecular weight excluding hydrogens is 625 g/mol. The SMILES string of the molecule is Cc1ccc(S(=O)(=O)N(CC(=O)N(Cc2cccc(Cl)c2)[C@@H](Cc2ccccc2)C(=O)NC2CCCC2)c2ccccc2F)cc1. The van der Waals surface area contributed by atoms with Gasteiger partial charge < -0.3 is 10.2 Å². The van der Waals surface area contributed by atoms with Crippen LogP contribution >= 0.6 is 11.6 Å². The third-order valence-electron chi connectivity index (χ3n) is 8.22. The Morgan fingerprint density at radius 3 is 2.22 bits per heavy atom. The number of benzene rings is 4. The van der Waals surface area contributed by atoms with Gasteiger partial charge in [0.15, 0.2) is 0 Å². The summed E-state index contributed by atoms with van der Waals surface area (Å²) in [5, 5.41) is 3.59. The van der Waals surface area contributed by atoms with Crippen LogP contribution in [0.15, 0.2) is 108 Å². The zero-order valence-electron chi connectivity index (χ0n) is 25.6. The molecule has 1 aliphatic rings. The predicted octanol–water partition coefficient (Wildman–Crippen LogP) is 6.68. The molecule has 0 heterocycles. The molecule has 1 fully saturated rings. The number of hydrogen-bond acceptors (Lipinski definition) is 4. The summed E-state index contributed by atoms with van der Waals surface area (Å²) in [4.78, 5) is 29.9. The molecule has 0 saturated heterocycles. The third kappa shape index (κ3) is 8.13. The highest BCUT2D eigenvalue weighted by molar-refractivity contribution is 7.92. The fourth-order valence-electron chi connectivity index (χ4n) is 5.76. The Balaban J connectivity index is 1.57. The van der Waals surface area contributed by atoms with Crippen LogP contribution in [0.3, 0.4) is 0 Å². The Morgan fingerprint density at radius 2 is 1.54 bits per heavy atom. The van der Waals surface area contributed by atoms with Crippen molar-refractivity contribution in [2.75, 3.05) is 10.8 Å². The smallest absolute Gasteiger partial charge is 0.264 e. The highest BCUT2D eigenvalue weighted by Gasteiger charge is 2.36. The molecule has 1 atom stereocenters. The van der Waals surface area contributed by atoms with E-state index in [1.54, 1.807) is 36.4 Å². The second-order valence-corrected chi connectivity index (χ2v) is 13.9. The van der Waals surface area contributed by atoms with E-state index in [2.05, 4.69) is 5.32 Å². The fourth-order valence-corrected chi connectivity index (χ4v) is 7.39. The number of carbonyl (C=O) groups excluding carboxylic acids is 2. The molecule has 1 aliphatic carbocycles. The minimum atomic E-state index is -4.40. The van der Waals surface area contributed by atoms with Crippen molar-refractivity contribution in [3.63, 3.8) is 0 Å². The Morgan fingerprint density at radius 1 is 0.891 bits per heavy atom. The van der Waals surface area contributed by atoms with Crippen LogP contribution in [-0.2, 0) is 32.6 Å². The van der Waals surface area contributed by atoms with Gasteiger partial charge in [-0.3, -0.25) is 13.9 Å². The number of nitrogens with zero attached hydrogens (tertiary/aromatic N) is 2. The van der Waals surface area contributed by atoms with Crippen molar-refractivity contribution in [1.29, 1.82) is 0 Å². The van der Waals surface area contributed by atoms with Crippen molar-refractivity contribution in [2.45, 2.75) is 62.6 Å². The van der Waals surface area contributed by atoms with Crippen LogP contribution in [-0.4, -0.2) is 43.8 Å². The van der Waals surface area contributed by atoms with E-state index in [1.807, 2.05) is 37.3 Å². The van der Waals surface area contributed by atoms with Crippen molar-refractivity contribution in [1.82, 2.24) is 10.2 Å². The molecule has 2 amide bonds. The van der Waals surface area contributed by atoms with E-state index in [-0.39, 0.29) is 35.5 Å². The molecule has 46 heavy (non-hydrogen) atoms. The minimum Gasteiger partial charge on any atom is -0.352 e. The van der Waals surface area contributed by atoms with Gasteiger partial charge in [-0.25, -0.2) is 12.8 Å². The summed E-state index contributed by atoms with van der Waals surface area (Å²) >= 11 is 6.30. The molecule has 4 aromatic rings. The number of hydrogen-bond donors (Lipinski definition) is 1. The maximum absolute atomic E-state index is 15.3. The first-order valence-electron chi connectivity index (χ1n) is 15.3. The number of carbonyl (C=O) groups is 2. The van der Waals surface area contributed by atoms with Crippen LogP contribution in [0.1, 0.15) is 42.4 Å². The number of nitrogens with one attached hydrogen (secondary N) is 1. The lowest BCUT2D eigenvalue weighted by Crippen LogP contribution is -2.54. The van der Waals surface area contributed by atoms with E-state index in [4.69, 9.17) is 11.6 Å². The van der Waals surface area contributed by atoms with Gasteiger partial charge in [0.05, 0.1) is 10.6 Å². The van der Waals surface area contributed by atoms with Crippen LogP contribution in [0.4, 0.5) is 10.1 Å². The van der Waals surface area contributed by atoms with Crippen molar-refractivity contribution in [2.24, 2.45) is 0 Å². The van der Waals surface area contributed by atoms with Crippen LogP contribution in [0.25, 0.3) is 0 Å². The lowest BCUT2D eigenvalue weighted by Gasteiger charge is -2.34. The molecule has 5 rings (SSSR count). The molecule has 7 nitrogen and oxygen atoms in total. The zero-order chi connectivity index (χ0) is 32.7. The van der Waals surface area contributed by atoms with E-state index in [0.29, 0.717) is 10.6 Å². The number of amides is 2. The summed E-state index contributed by atoms with van der Waals surface area (Å²) in [6, 6.07) is 26.9. The average Bonchev–Trinajstić information content (AvgIpc) is 3.55. The highest BCUT2D eigenvalue weighted by Crippen LogP contribution is 2.28. The van der Waals surface area contributed by atoms with Crippen molar-refractivity contribution in [3.05, 3.63) is 131 Å². The molecule has 1 N–H and O–H groups in total. The zero-order valence-corrected chi connectivity index (χ0v) is 27.2. The Hall–Kier alpha value is -4.21. The van der Waals surface area contributed by atoms with Crippen molar-refractivity contribution >= 4 is 39.1 Å². The maximum atomic E-state index is 15.3. The van der Waals surface area contributed by atoms with Gasteiger partial charge in [0.2, 0.25) is 11.8 Å². The Labute approximate surface area is 275 Å². The fraction of sp³-hybridized carbons (Fsp3) is 0.278. The standard InChI is InChI=1S/C36H37ClFN3O4S/c1-26-18-20-31(21-19-26)46(44,45)41(33-17-8-7-16-32(33)38)25-35(42)40(24-28-12-9-13-29(37)22-28)34(23-27-10-3-2-4-11-27)36(43)39-30-14-5-6-15-30/h2-4,7-13,16-22,30,34H,5-6,14-15,23-25H2,1H3,(H,39,43)/t34-/m0/s1. The lowest BCUT2D eigenvalue weighted by molar-refractivity contribution is -0.140. The van der Waals surface area contributed by atoms with Crippen LogP contribution < -0.4 is 9.62 Å². The van der Waals surface area contributed by atoms with Gasteiger partial charge in [0.1, 0.15) is 18.4 Å². The molecule has 4 aromatic carbocycles. The van der Waals surface area contributed by atoms with E-state index in [9.17, 15) is 18.0 Å². The maximum Gasteiger partial charge on any atom is 0.264 e. The van der Waals surface area contributed by atoms with Gasteiger partial charge in [0, 0.05) is 24.0 Å². The number of rotatable bonds is 12. The number of sulfonamides is 1. The minimum absolute atomic E-state index is 0.00859. The van der Waals surface area contributed by atoms with Crippen LogP contribution in [0, 0.1) is 12.7 Å². The normalized spacial score (nSPS) is 14.1. The summed E-state index contributed by atoms with van der Waals surface area (Å²) in [6.07, 6.45) is 3.90. The number of para-hydroxylation sites is 1.